The third-order valence-electron chi connectivity index (χ3n) is 2.56. The number of nitrogens with one attached hydrogen (secondary N) is 2. The highest BCUT2D eigenvalue weighted by Crippen LogP contribution is 2.12. The second-order valence-electron chi connectivity index (χ2n) is 4.15. The number of carbonyl (C=O) groups excluding carboxylic acids is 1. The first-order chi connectivity index (χ1) is 9.54. The van der Waals surface area contributed by atoms with Gasteiger partial charge in [0, 0.05) is 6.61 Å². The number of carbonyl (C=O) groups is 2. The number of halogens is 1. The molecule has 1 aromatic rings. The molecule has 0 aliphatic carbocycles. The highest BCUT2D eigenvalue weighted by atomic mass is 19.1. The average molecular weight is 284 g/mol. The van der Waals surface area contributed by atoms with E-state index in [0.717, 1.165) is 0 Å². The highest BCUT2D eigenvalue weighted by Gasteiger charge is 2.20. The van der Waals surface area contributed by atoms with E-state index in [9.17, 15) is 14.0 Å². The second kappa shape index (κ2) is 8.23. The summed E-state index contributed by atoms with van der Waals surface area (Å²) in [5.74, 6) is -2.36. The lowest BCUT2D eigenvalue weighted by molar-refractivity contribution is -0.141. The number of hydrogen-bond acceptors (Lipinski definition) is 4. The molecule has 0 saturated carbocycles. The normalized spacial score (nSPS) is 11.9. The Balaban J connectivity index is 2.54. The van der Waals surface area contributed by atoms with Gasteiger partial charge in [-0.3, -0.25) is 9.59 Å². The second-order valence-corrected chi connectivity index (χ2v) is 4.15. The van der Waals surface area contributed by atoms with Gasteiger partial charge in [-0.1, -0.05) is 12.1 Å². The van der Waals surface area contributed by atoms with Gasteiger partial charge in [0.2, 0.25) is 5.91 Å². The molecule has 0 fully saturated rings. The first kappa shape index (κ1) is 16.1. The molecule has 0 radical (unpaired) electrons. The van der Waals surface area contributed by atoms with Crippen LogP contribution in [0.2, 0.25) is 0 Å². The van der Waals surface area contributed by atoms with E-state index in [1.54, 1.807) is 6.07 Å². The lowest BCUT2D eigenvalue weighted by atomic mass is 10.2. The zero-order valence-electron chi connectivity index (χ0n) is 10.8. The zero-order valence-corrected chi connectivity index (χ0v) is 10.8. The molecule has 1 amide bonds. The third kappa shape index (κ3) is 5.33. The van der Waals surface area contributed by atoms with Gasteiger partial charge in [0.1, 0.15) is 11.9 Å². The van der Waals surface area contributed by atoms with Gasteiger partial charge in [0.05, 0.1) is 12.1 Å². The summed E-state index contributed by atoms with van der Waals surface area (Å²) in [5.41, 5.74) is 0.0111. The smallest absolute Gasteiger partial charge is 0.321 e. The van der Waals surface area contributed by atoms with E-state index >= 15 is 0 Å². The minimum Gasteiger partial charge on any atom is -0.480 e. The molecule has 0 heterocycles. The summed E-state index contributed by atoms with van der Waals surface area (Å²) in [4.78, 5) is 22.7. The Bertz CT molecular complexity index is 467. The van der Waals surface area contributed by atoms with Crippen molar-refractivity contribution in [3.8, 4) is 0 Å². The van der Waals surface area contributed by atoms with Gasteiger partial charge in [-0.15, -0.1) is 0 Å². The number of rotatable bonds is 8. The minimum atomic E-state index is -1.17. The molecule has 1 atom stereocenters. The van der Waals surface area contributed by atoms with Crippen molar-refractivity contribution in [2.24, 2.45) is 0 Å². The summed E-state index contributed by atoms with van der Waals surface area (Å²) >= 11 is 0. The molecule has 110 valence electrons. The Kier molecular flexibility index (Phi) is 6.61. The molecule has 1 rings (SSSR count). The fourth-order valence-electron chi connectivity index (χ4n) is 1.55. The molecule has 0 saturated heterocycles. The maximum absolute atomic E-state index is 13.3. The van der Waals surface area contributed by atoms with Crippen LogP contribution in [0.3, 0.4) is 0 Å². The van der Waals surface area contributed by atoms with Gasteiger partial charge in [-0.2, -0.15) is 0 Å². The molecule has 0 aliphatic heterocycles. The Labute approximate surface area is 115 Å². The Morgan fingerprint density at radius 3 is 2.60 bits per heavy atom. The van der Waals surface area contributed by atoms with Crippen molar-refractivity contribution in [3.63, 3.8) is 0 Å². The van der Waals surface area contributed by atoms with Gasteiger partial charge in [0.25, 0.3) is 0 Å². The zero-order chi connectivity index (χ0) is 15.0. The van der Waals surface area contributed by atoms with Crippen molar-refractivity contribution in [2.45, 2.75) is 18.9 Å². The SMILES string of the molecule is O=C(C[C@@H](NCCCO)C(=O)O)Nc1ccccc1F. The van der Waals surface area contributed by atoms with E-state index in [4.69, 9.17) is 10.2 Å². The van der Waals surface area contributed by atoms with Gasteiger partial charge < -0.3 is 20.8 Å². The largest absolute Gasteiger partial charge is 0.480 e. The van der Waals surface area contributed by atoms with Gasteiger partial charge in [-0.05, 0) is 25.1 Å². The minimum absolute atomic E-state index is 0.0111. The summed E-state index contributed by atoms with van der Waals surface area (Å²) in [7, 11) is 0. The molecule has 7 heteroatoms. The molecular formula is C13H17FN2O4. The average Bonchev–Trinajstić information content (AvgIpc) is 2.40. The predicted molar refractivity (Wildman–Crippen MR) is 70.8 cm³/mol. The Morgan fingerprint density at radius 2 is 2.00 bits per heavy atom. The van der Waals surface area contributed by atoms with Gasteiger partial charge in [0.15, 0.2) is 0 Å². The number of para-hydroxylation sites is 1. The maximum atomic E-state index is 13.3. The Hall–Kier alpha value is -1.99. The molecular weight excluding hydrogens is 267 g/mol. The Morgan fingerprint density at radius 1 is 1.30 bits per heavy atom. The molecule has 0 aromatic heterocycles. The first-order valence-electron chi connectivity index (χ1n) is 6.16. The molecule has 4 N–H and O–H groups in total. The molecule has 1 aromatic carbocycles. The first-order valence-corrected chi connectivity index (χ1v) is 6.16. The number of anilines is 1. The molecule has 0 spiro atoms. The molecule has 20 heavy (non-hydrogen) atoms. The van der Waals surface area contributed by atoms with Crippen LogP contribution in [-0.4, -0.2) is 41.3 Å². The monoisotopic (exact) mass is 284 g/mol. The summed E-state index contributed by atoms with van der Waals surface area (Å²) < 4.78 is 13.3. The lowest BCUT2D eigenvalue weighted by Gasteiger charge is -2.14. The number of carboxylic acids is 1. The van der Waals surface area contributed by atoms with E-state index in [-0.39, 0.29) is 25.3 Å². The van der Waals surface area contributed by atoms with Crippen molar-refractivity contribution < 1.29 is 24.2 Å². The van der Waals surface area contributed by atoms with E-state index in [2.05, 4.69) is 10.6 Å². The number of carboxylic acid groups (broad SMARTS) is 1. The van der Waals surface area contributed by atoms with Crippen LogP contribution in [0.15, 0.2) is 24.3 Å². The summed E-state index contributed by atoms with van der Waals surface area (Å²) in [6.45, 7) is 0.210. The van der Waals surface area contributed by atoms with Crippen LogP contribution in [0.5, 0.6) is 0 Å². The number of amides is 1. The number of benzene rings is 1. The standard InChI is InChI=1S/C13H17FN2O4/c14-9-4-1-2-5-10(9)16-12(18)8-11(13(19)20)15-6-3-7-17/h1-2,4-5,11,15,17H,3,6-8H2,(H,16,18)(H,19,20)/t11-/m1/s1. The molecule has 0 aliphatic rings. The summed E-state index contributed by atoms with van der Waals surface area (Å²) in [5, 5.41) is 22.5. The van der Waals surface area contributed by atoms with Crippen molar-refractivity contribution >= 4 is 17.6 Å². The highest BCUT2D eigenvalue weighted by molar-refractivity contribution is 5.94. The van der Waals surface area contributed by atoms with Gasteiger partial charge in [-0.25, -0.2) is 4.39 Å². The quantitative estimate of drug-likeness (QED) is 0.523. The van der Waals surface area contributed by atoms with Crippen LogP contribution >= 0.6 is 0 Å². The van der Waals surface area contributed by atoms with Crippen molar-refractivity contribution in [1.29, 1.82) is 0 Å². The van der Waals surface area contributed by atoms with Crippen LogP contribution in [0.25, 0.3) is 0 Å². The van der Waals surface area contributed by atoms with Crippen LogP contribution in [0.4, 0.5) is 10.1 Å². The molecule has 6 nitrogen and oxygen atoms in total. The fraction of sp³-hybridized carbons (Fsp3) is 0.385. The number of aliphatic hydroxyl groups is 1. The summed E-state index contributed by atoms with van der Waals surface area (Å²) in [6, 6.07) is 4.56. The maximum Gasteiger partial charge on any atom is 0.321 e. The number of aliphatic hydroxyl groups excluding tert-OH is 1. The van der Waals surface area contributed by atoms with Gasteiger partial charge >= 0.3 is 5.97 Å². The summed E-state index contributed by atoms with van der Waals surface area (Å²) in [6.07, 6.45) is 0.0633. The van der Waals surface area contributed by atoms with E-state index in [0.29, 0.717) is 6.42 Å². The van der Waals surface area contributed by atoms with Crippen LogP contribution in [0, 0.1) is 5.82 Å². The third-order valence-corrected chi connectivity index (χ3v) is 2.56. The lowest BCUT2D eigenvalue weighted by Crippen LogP contribution is -2.40. The fourth-order valence-corrected chi connectivity index (χ4v) is 1.55. The predicted octanol–water partition coefficient (Wildman–Crippen LogP) is 0.580. The topological polar surface area (TPSA) is 98.7 Å². The number of hydrogen-bond donors (Lipinski definition) is 4. The van der Waals surface area contributed by atoms with Crippen molar-refractivity contribution in [1.82, 2.24) is 5.32 Å². The molecule has 0 unspecified atom stereocenters. The van der Waals surface area contributed by atoms with E-state index in [1.807, 2.05) is 0 Å². The van der Waals surface area contributed by atoms with E-state index in [1.165, 1.54) is 18.2 Å². The van der Waals surface area contributed by atoms with Crippen LogP contribution in [-0.2, 0) is 9.59 Å². The molecule has 0 bridgehead atoms. The van der Waals surface area contributed by atoms with Crippen LogP contribution < -0.4 is 10.6 Å². The van der Waals surface area contributed by atoms with Crippen LogP contribution in [0.1, 0.15) is 12.8 Å². The van der Waals surface area contributed by atoms with Crippen molar-refractivity contribution in [3.05, 3.63) is 30.1 Å². The van der Waals surface area contributed by atoms with Crippen molar-refractivity contribution in [2.75, 3.05) is 18.5 Å². The number of aliphatic carboxylic acids is 1. The van der Waals surface area contributed by atoms with E-state index < -0.39 is 23.7 Å².